The van der Waals surface area contributed by atoms with Gasteiger partial charge in [0.1, 0.15) is 6.04 Å². The minimum absolute atomic E-state index is 0.00809. The predicted octanol–water partition coefficient (Wildman–Crippen LogP) is 1.67. The van der Waals surface area contributed by atoms with Crippen molar-refractivity contribution in [3.63, 3.8) is 0 Å². The molecule has 1 aliphatic rings. The molecule has 6 nitrogen and oxygen atoms in total. The average Bonchev–Trinajstić information content (AvgIpc) is 2.53. The Morgan fingerprint density at radius 1 is 1.36 bits per heavy atom. The maximum Gasteiger partial charge on any atom is 0.315 e. The van der Waals surface area contributed by atoms with E-state index in [4.69, 9.17) is 0 Å². The second-order valence-corrected chi connectivity index (χ2v) is 5.78. The molecule has 6 heteroatoms. The summed E-state index contributed by atoms with van der Waals surface area (Å²) in [7, 11) is 0. The maximum atomic E-state index is 12.4. The number of nitrogens with zero attached hydrogens (tertiary/aromatic N) is 2. The van der Waals surface area contributed by atoms with E-state index < -0.39 is 6.04 Å². The van der Waals surface area contributed by atoms with Gasteiger partial charge in [-0.15, -0.1) is 0 Å². The van der Waals surface area contributed by atoms with Crippen LogP contribution in [0.25, 0.3) is 0 Å². The largest absolute Gasteiger partial charge is 0.338 e. The van der Waals surface area contributed by atoms with E-state index in [1.54, 1.807) is 19.3 Å². The Labute approximate surface area is 131 Å². The van der Waals surface area contributed by atoms with Gasteiger partial charge >= 0.3 is 6.03 Å². The molecule has 0 saturated carbocycles. The first kappa shape index (κ1) is 16.3. The van der Waals surface area contributed by atoms with E-state index in [2.05, 4.69) is 22.5 Å². The minimum atomic E-state index is -0.516. The standard InChI is InChI=1S/C16H24N4O2/c1-12-5-3-4-10-20(12)15(21)13(2)19-16(22)18-11-14-6-8-17-9-7-14/h6-9,12-13H,3-5,10-11H2,1-2H3,(H2,18,19,22)/t12-,13-/m0/s1. The van der Waals surface area contributed by atoms with Crippen LogP contribution < -0.4 is 10.6 Å². The molecule has 0 aliphatic carbocycles. The Morgan fingerprint density at radius 3 is 2.77 bits per heavy atom. The highest BCUT2D eigenvalue weighted by molar-refractivity contribution is 5.86. The maximum absolute atomic E-state index is 12.4. The number of rotatable bonds is 4. The Hall–Kier alpha value is -2.11. The summed E-state index contributed by atoms with van der Waals surface area (Å²) >= 11 is 0. The third-order valence-electron chi connectivity index (χ3n) is 4.01. The number of pyridine rings is 1. The van der Waals surface area contributed by atoms with Crippen LogP contribution in [-0.2, 0) is 11.3 Å². The molecule has 0 unspecified atom stereocenters. The van der Waals surface area contributed by atoms with Crippen LogP contribution in [0.5, 0.6) is 0 Å². The summed E-state index contributed by atoms with van der Waals surface area (Å²) in [4.78, 5) is 30.1. The minimum Gasteiger partial charge on any atom is -0.338 e. The molecule has 2 heterocycles. The molecule has 1 aromatic rings. The van der Waals surface area contributed by atoms with Crippen molar-refractivity contribution in [2.45, 2.75) is 51.7 Å². The van der Waals surface area contributed by atoms with E-state index >= 15 is 0 Å². The molecular weight excluding hydrogens is 280 g/mol. The number of hydrogen-bond donors (Lipinski definition) is 2. The molecule has 0 spiro atoms. The van der Waals surface area contributed by atoms with E-state index in [-0.39, 0.29) is 18.0 Å². The zero-order valence-electron chi connectivity index (χ0n) is 13.2. The summed E-state index contributed by atoms with van der Waals surface area (Å²) < 4.78 is 0. The third kappa shape index (κ3) is 4.44. The number of carbonyl (C=O) groups is 2. The van der Waals surface area contributed by atoms with E-state index in [0.29, 0.717) is 6.54 Å². The van der Waals surface area contributed by atoms with Gasteiger partial charge in [0.05, 0.1) is 0 Å². The molecule has 1 aliphatic heterocycles. The monoisotopic (exact) mass is 304 g/mol. The van der Waals surface area contributed by atoms with Gasteiger partial charge in [-0.25, -0.2) is 4.79 Å². The fourth-order valence-electron chi connectivity index (χ4n) is 2.67. The van der Waals surface area contributed by atoms with E-state index in [1.165, 1.54) is 6.42 Å². The van der Waals surface area contributed by atoms with Gasteiger partial charge in [-0.2, -0.15) is 0 Å². The quantitative estimate of drug-likeness (QED) is 0.888. The lowest BCUT2D eigenvalue weighted by Crippen LogP contribution is -2.53. The molecule has 0 aromatic carbocycles. The van der Waals surface area contributed by atoms with Gasteiger partial charge in [-0.1, -0.05) is 0 Å². The van der Waals surface area contributed by atoms with Gasteiger partial charge in [-0.3, -0.25) is 9.78 Å². The molecule has 2 atom stereocenters. The number of carbonyl (C=O) groups excluding carboxylic acids is 2. The number of piperidine rings is 1. The fraction of sp³-hybridized carbons (Fsp3) is 0.562. The smallest absolute Gasteiger partial charge is 0.315 e. The summed E-state index contributed by atoms with van der Waals surface area (Å²) in [5.41, 5.74) is 0.966. The Bertz CT molecular complexity index is 506. The Morgan fingerprint density at radius 2 is 2.09 bits per heavy atom. The second-order valence-electron chi connectivity index (χ2n) is 5.78. The van der Waals surface area contributed by atoms with Crippen molar-refractivity contribution in [1.82, 2.24) is 20.5 Å². The van der Waals surface area contributed by atoms with Gasteiger partial charge in [0.15, 0.2) is 0 Å². The van der Waals surface area contributed by atoms with E-state index in [0.717, 1.165) is 24.9 Å². The van der Waals surface area contributed by atoms with Gasteiger partial charge in [0.2, 0.25) is 5.91 Å². The molecule has 0 radical (unpaired) electrons. The van der Waals surface area contributed by atoms with Crippen LogP contribution in [0.2, 0.25) is 0 Å². The molecule has 3 amide bonds. The number of aromatic nitrogens is 1. The van der Waals surface area contributed by atoms with Crippen molar-refractivity contribution in [2.75, 3.05) is 6.54 Å². The lowest BCUT2D eigenvalue weighted by molar-refractivity contribution is -0.136. The first-order valence-corrected chi connectivity index (χ1v) is 7.81. The highest BCUT2D eigenvalue weighted by atomic mass is 16.2. The molecule has 1 aromatic heterocycles. The van der Waals surface area contributed by atoms with Gasteiger partial charge in [-0.05, 0) is 50.8 Å². The Balaban J connectivity index is 1.79. The summed E-state index contributed by atoms with van der Waals surface area (Å²) in [5, 5.41) is 5.46. The fourth-order valence-corrected chi connectivity index (χ4v) is 2.67. The van der Waals surface area contributed by atoms with Crippen molar-refractivity contribution in [2.24, 2.45) is 0 Å². The average molecular weight is 304 g/mol. The van der Waals surface area contributed by atoms with Crippen LogP contribution in [-0.4, -0.2) is 40.5 Å². The molecule has 2 rings (SSSR count). The molecule has 120 valence electrons. The summed E-state index contributed by atoms with van der Waals surface area (Å²) in [6.45, 7) is 4.99. The van der Waals surface area contributed by atoms with Gasteiger partial charge in [0, 0.05) is 31.5 Å². The van der Waals surface area contributed by atoms with E-state index in [1.807, 2.05) is 17.0 Å². The number of urea groups is 1. The zero-order valence-corrected chi connectivity index (χ0v) is 13.2. The topological polar surface area (TPSA) is 74.3 Å². The molecule has 22 heavy (non-hydrogen) atoms. The highest BCUT2D eigenvalue weighted by Gasteiger charge is 2.27. The zero-order chi connectivity index (χ0) is 15.9. The van der Waals surface area contributed by atoms with Crippen molar-refractivity contribution in [3.8, 4) is 0 Å². The van der Waals surface area contributed by atoms with Crippen LogP contribution in [0, 0.1) is 0 Å². The molecule has 2 N–H and O–H groups in total. The van der Waals surface area contributed by atoms with E-state index in [9.17, 15) is 9.59 Å². The normalized spacial score (nSPS) is 19.4. The molecule has 1 saturated heterocycles. The van der Waals surface area contributed by atoms with Gasteiger partial charge in [0.25, 0.3) is 0 Å². The molecule has 1 fully saturated rings. The lowest BCUT2D eigenvalue weighted by Gasteiger charge is -2.35. The van der Waals surface area contributed by atoms with Crippen molar-refractivity contribution in [1.29, 1.82) is 0 Å². The Kier molecular flexibility index (Phi) is 5.75. The van der Waals surface area contributed by atoms with Crippen LogP contribution in [0.1, 0.15) is 38.7 Å². The van der Waals surface area contributed by atoms with Crippen molar-refractivity contribution >= 4 is 11.9 Å². The van der Waals surface area contributed by atoms with Crippen molar-refractivity contribution < 1.29 is 9.59 Å². The predicted molar refractivity (Wildman–Crippen MR) is 84.1 cm³/mol. The summed E-state index contributed by atoms with van der Waals surface area (Å²) in [6, 6.07) is 3.08. The van der Waals surface area contributed by atoms with Crippen molar-refractivity contribution in [3.05, 3.63) is 30.1 Å². The lowest BCUT2D eigenvalue weighted by atomic mass is 10.0. The highest BCUT2D eigenvalue weighted by Crippen LogP contribution is 2.17. The van der Waals surface area contributed by atoms with Crippen LogP contribution in [0.4, 0.5) is 4.79 Å². The van der Waals surface area contributed by atoms with Crippen LogP contribution in [0.15, 0.2) is 24.5 Å². The molecule has 0 bridgehead atoms. The first-order chi connectivity index (χ1) is 10.6. The third-order valence-corrected chi connectivity index (χ3v) is 4.01. The number of hydrogen-bond acceptors (Lipinski definition) is 3. The number of amides is 3. The number of likely N-dealkylation sites (tertiary alicyclic amines) is 1. The van der Waals surface area contributed by atoms with Gasteiger partial charge < -0.3 is 15.5 Å². The summed E-state index contributed by atoms with van der Waals surface area (Å²) in [5.74, 6) is -0.00809. The first-order valence-electron chi connectivity index (χ1n) is 7.81. The SMILES string of the molecule is C[C@H](NC(=O)NCc1ccncc1)C(=O)N1CCCC[C@@H]1C. The second kappa shape index (κ2) is 7.77. The van der Waals surface area contributed by atoms with Crippen LogP contribution >= 0.6 is 0 Å². The number of nitrogens with one attached hydrogen (secondary N) is 2. The molecular formula is C16H24N4O2. The van der Waals surface area contributed by atoms with Crippen LogP contribution in [0.3, 0.4) is 0 Å². The summed E-state index contributed by atoms with van der Waals surface area (Å²) in [6.07, 6.45) is 6.60.